The second kappa shape index (κ2) is 4.35. The largest absolute Gasteiger partial charge is 0.293 e. The molecule has 4 heteroatoms. The third-order valence-corrected chi connectivity index (χ3v) is 3.08. The molecule has 0 bridgehead atoms. The van der Waals surface area contributed by atoms with Crippen molar-refractivity contribution < 1.29 is 0 Å². The van der Waals surface area contributed by atoms with Crippen LogP contribution in [-0.2, 0) is 0 Å². The minimum absolute atomic E-state index is 0.709. The van der Waals surface area contributed by atoms with Gasteiger partial charge in [0.15, 0.2) is 0 Å². The van der Waals surface area contributed by atoms with Gasteiger partial charge in [0.25, 0.3) is 0 Å². The Morgan fingerprint density at radius 2 is 2.00 bits per heavy atom. The molecule has 1 N–H and O–H groups in total. The van der Waals surface area contributed by atoms with Crippen LogP contribution in [0, 0.1) is 6.92 Å². The van der Waals surface area contributed by atoms with Crippen molar-refractivity contribution in [3.8, 4) is 0 Å². The molecule has 3 nitrogen and oxygen atoms in total. The fourth-order valence-electron chi connectivity index (χ4n) is 2.02. The highest BCUT2D eigenvalue weighted by Crippen LogP contribution is 2.19. The van der Waals surface area contributed by atoms with Crippen LogP contribution in [0.1, 0.15) is 5.56 Å². The number of aromatic nitrogens is 2. The summed E-state index contributed by atoms with van der Waals surface area (Å²) in [5, 5.41) is 0.709. The number of nitrogens with one attached hydrogen (secondary N) is 1. The molecule has 90 valence electrons. The molecule has 0 atom stereocenters. The molecule has 0 aliphatic heterocycles. The highest BCUT2D eigenvalue weighted by molar-refractivity contribution is 6.30. The third kappa shape index (κ3) is 1.93. The van der Waals surface area contributed by atoms with Crippen LogP contribution in [0.25, 0.3) is 11.0 Å². The van der Waals surface area contributed by atoms with Crippen molar-refractivity contribution in [1.82, 2.24) is 9.66 Å². The van der Waals surface area contributed by atoms with Gasteiger partial charge in [-0.05, 0) is 36.8 Å². The molecule has 0 aliphatic carbocycles. The van der Waals surface area contributed by atoms with Crippen molar-refractivity contribution in [1.29, 1.82) is 0 Å². The maximum absolute atomic E-state index is 5.97. The SMILES string of the molecule is Cc1cccc2ncn(Nc3cccc(Cl)c3)c12. The van der Waals surface area contributed by atoms with Crippen molar-refractivity contribution in [3.05, 3.63) is 59.4 Å². The van der Waals surface area contributed by atoms with Crippen LogP contribution in [0.3, 0.4) is 0 Å². The number of hydrogen-bond acceptors (Lipinski definition) is 2. The summed E-state index contributed by atoms with van der Waals surface area (Å²) >= 11 is 5.97. The predicted molar refractivity (Wildman–Crippen MR) is 74.9 cm³/mol. The Hall–Kier alpha value is -2.00. The van der Waals surface area contributed by atoms with Crippen molar-refractivity contribution in [2.75, 3.05) is 5.43 Å². The molecule has 0 spiro atoms. The summed E-state index contributed by atoms with van der Waals surface area (Å²) in [6.45, 7) is 2.07. The van der Waals surface area contributed by atoms with Crippen LogP contribution < -0.4 is 5.43 Å². The summed E-state index contributed by atoms with van der Waals surface area (Å²) in [5.74, 6) is 0. The lowest BCUT2D eigenvalue weighted by Gasteiger charge is -2.09. The molecule has 1 aromatic heterocycles. The van der Waals surface area contributed by atoms with Gasteiger partial charge in [0, 0.05) is 5.02 Å². The number of hydrogen-bond donors (Lipinski definition) is 1. The number of nitrogens with zero attached hydrogens (tertiary/aromatic N) is 2. The number of rotatable bonds is 2. The van der Waals surface area contributed by atoms with Crippen LogP contribution >= 0.6 is 11.6 Å². The van der Waals surface area contributed by atoms with Crippen LogP contribution in [0.4, 0.5) is 5.69 Å². The average Bonchev–Trinajstić information content (AvgIpc) is 2.74. The maximum atomic E-state index is 5.97. The van der Waals surface area contributed by atoms with E-state index in [-0.39, 0.29) is 0 Å². The molecule has 0 saturated carbocycles. The topological polar surface area (TPSA) is 29.9 Å². The Bertz CT molecular complexity index is 703. The number of halogens is 1. The van der Waals surface area contributed by atoms with Gasteiger partial charge in [0.2, 0.25) is 0 Å². The van der Waals surface area contributed by atoms with Gasteiger partial charge in [0.05, 0.1) is 16.7 Å². The molecule has 0 amide bonds. The van der Waals surface area contributed by atoms with Gasteiger partial charge in [-0.25, -0.2) is 9.66 Å². The lowest BCUT2D eigenvalue weighted by Crippen LogP contribution is -2.07. The maximum Gasteiger partial charge on any atom is 0.116 e. The summed E-state index contributed by atoms with van der Waals surface area (Å²) in [5.41, 5.74) is 7.45. The van der Waals surface area contributed by atoms with Gasteiger partial charge in [-0.1, -0.05) is 29.8 Å². The summed E-state index contributed by atoms with van der Waals surface area (Å²) < 4.78 is 1.91. The van der Waals surface area contributed by atoms with E-state index in [1.54, 1.807) is 6.33 Å². The van der Waals surface area contributed by atoms with E-state index >= 15 is 0 Å². The zero-order valence-electron chi connectivity index (χ0n) is 9.89. The fourth-order valence-corrected chi connectivity index (χ4v) is 2.21. The first-order valence-electron chi connectivity index (χ1n) is 5.69. The van der Waals surface area contributed by atoms with E-state index in [4.69, 9.17) is 11.6 Å². The molecule has 0 aliphatic rings. The Kier molecular flexibility index (Phi) is 2.68. The van der Waals surface area contributed by atoms with E-state index in [0.717, 1.165) is 16.7 Å². The number of fused-ring (bicyclic) bond motifs is 1. The van der Waals surface area contributed by atoms with Crippen LogP contribution in [0.2, 0.25) is 5.02 Å². The predicted octanol–water partition coefficient (Wildman–Crippen LogP) is 3.87. The van der Waals surface area contributed by atoms with Crippen LogP contribution in [-0.4, -0.2) is 9.66 Å². The van der Waals surface area contributed by atoms with E-state index < -0.39 is 0 Å². The first-order valence-corrected chi connectivity index (χ1v) is 6.07. The summed E-state index contributed by atoms with van der Waals surface area (Å²) in [4.78, 5) is 4.37. The van der Waals surface area contributed by atoms with E-state index in [9.17, 15) is 0 Å². The van der Waals surface area contributed by atoms with Gasteiger partial charge < -0.3 is 0 Å². The normalized spacial score (nSPS) is 10.8. The Morgan fingerprint density at radius 3 is 2.83 bits per heavy atom. The smallest absolute Gasteiger partial charge is 0.116 e. The molecule has 0 saturated heterocycles. The van der Waals surface area contributed by atoms with Gasteiger partial charge in [-0.3, -0.25) is 5.43 Å². The van der Waals surface area contributed by atoms with Crippen molar-refractivity contribution in [2.45, 2.75) is 6.92 Å². The third-order valence-electron chi connectivity index (χ3n) is 2.84. The van der Waals surface area contributed by atoms with E-state index in [1.807, 2.05) is 41.1 Å². The molecule has 3 aromatic rings. The Labute approximate surface area is 110 Å². The van der Waals surface area contributed by atoms with Gasteiger partial charge >= 0.3 is 0 Å². The van der Waals surface area contributed by atoms with E-state index in [1.165, 1.54) is 5.56 Å². The van der Waals surface area contributed by atoms with E-state index in [0.29, 0.717) is 5.02 Å². The summed E-state index contributed by atoms with van der Waals surface area (Å²) in [7, 11) is 0. The second-order valence-electron chi connectivity index (χ2n) is 4.18. The number of anilines is 1. The Balaban J connectivity index is 2.05. The zero-order chi connectivity index (χ0) is 12.5. The number of para-hydroxylation sites is 1. The van der Waals surface area contributed by atoms with Gasteiger partial charge in [0.1, 0.15) is 6.33 Å². The van der Waals surface area contributed by atoms with Crippen LogP contribution in [0.15, 0.2) is 48.8 Å². The minimum atomic E-state index is 0.709. The number of benzene rings is 2. The van der Waals surface area contributed by atoms with Gasteiger partial charge in [-0.2, -0.15) is 0 Å². The molecule has 2 aromatic carbocycles. The van der Waals surface area contributed by atoms with Crippen LogP contribution in [0.5, 0.6) is 0 Å². The molecule has 0 fully saturated rings. The molecule has 3 rings (SSSR count). The Morgan fingerprint density at radius 1 is 1.17 bits per heavy atom. The first-order chi connectivity index (χ1) is 8.74. The standard InChI is InChI=1S/C14H12ClN3/c1-10-4-2-7-13-14(10)18(9-16-13)17-12-6-3-5-11(15)8-12/h2-9,17H,1H3. The molecule has 0 unspecified atom stereocenters. The lowest BCUT2D eigenvalue weighted by atomic mass is 10.2. The molecule has 0 radical (unpaired) electrons. The average molecular weight is 258 g/mol. The first kappa shape index (κ1) is 11.1. The molecular formula is C14H12ClN3. The second-order valence-corrected chi connectivity index (χ2v) is 4.62. The summed E-state index contributed by atoms with van der Waals surface area (Å²) in [6.07, 6.45) is 1.78. The van der Waals surface area contributed by atoms with Crippen molar-refractivity contribution in [3.63, 3.8) is 0 Å². The number of aryl methyl sites for hydroxylation is 1. The quantitative estimate of drug-likeness (QED) is 0.755. The highest BCUT2D eigenvalue weighted by Gasteiger charge is 2.05. The zero-order valence-corrected chi connectivity index (χ0v) is 10.6. The highest BCUT2D eigenvalue weighted by atomic mass is 35.5. The van der Waals surface area contributed by atoms with Gasteiger partial charge in [-0.15, -0.1) is 0 Å². The molecule has 18 heavy (non-hydrogen) atoms. The fraction of sp³-hybridized carbons (Fsp3) is 0.0714. The van der Waals surface area contributed by atoms with E-state index in [2.05, 4.69) is 23.4 Å². The number of imidazole rings is 1. The summed E-state index contributed by atoms with van der Waals surface area (Å²) in [6, 6.07) is 13.7. The van der Waals surface area contributed by atoms with Crippen molar-refractivity contribution in [2.24, 2.45) is 0 Å². The minimum Gasteiger partial charge on any atom is -0.293 e. The monoisotopic (exact) mass is 257 g/mol. The lowest BCUT2D eigenvalue weighted by molar-refractivity contribution is 0.984. The molecular weight excluding hydrogens is 246 g/mol. The molecule has 1 heterocycles. The van der Waals surface area contributed by atoms with Crippen molar-refractivity contribution >= 4 is 28.3 Å².